The zero-order valence-electron chi connectivity index (χ0n) is 11.4. The minimum Gasteiger partial charge on any atom is -0.311 e. The van der Waals surface area contributed by atoms with Crippen LogP contribution in [0.1, 0.15) is 53.4 Å². The average molecular weight is 224 g/mol. The van der Waals surface area contributed by atoms with Gasteiger partial charge in [-0.2, -0.15) is 0 Å². The average Bonchev–Trinajstić information content (AvgIpc) is 2.19. The second-order valence-corrected chi connectivity index (χ2v) is 6.19. The standard InChI is InChI=1S/C14H28N2/c1-5-14(7-6-8-14)16-10-13(11(2)3)15-9-12(16)4/h11-13,15H,5-10H2,1-4H3. The molecule has 1 heterocycles. The van der Waals surface area contributed by atoms with E-state index >= 15 is 0 Å². The zero-order valence-corrected chi connectivity index (χ0v) is 11.4. The van der Waals surface area contributed by atoms with E-state index in [4.69, 9.17) is 0 Å². The second-order valence-electron chi connectivity index (χ2n) is 6.19. The van der Waals surface area contributed by atoms with E-state index in [1.165, 1.54) is 38.8 Å². The van der Waals surface area contributed by atoms with Gasteiger partial charge in [0.1, 0.15) is 0 Å². The summed E-state index contributed by atoms with van der Waals surface area (Å²) < 4.78 is 0. The summed E-state index contributed by atoms with van der Waals surface area (Å²) in [4.78, 5) is 2.82. The first-order chi connectivity index (χ1) is 7.59. The van der Waals surface area contributed by atoms with Crippen LogP contribution in [0, 0.1) is 5.92 Å². The molecule has 0 aromatic heterocycles. The Morgan fingerprint density at radius 2 is 2.06 bits per heavy atom. The van der Waals surface area contributed by atoms with Crippen LogP contribution < -0.4 is 5.32 Å². The van der Waals surface area contributed by atoms with Crippen LogP contribution in [-0.2, 0) is 0 Å². The lowest BCUT2D eigenvalue weighted by Gasteiger charge is -2.56. The van der Waals surface area contributed by atoms with E-state index in [9.17, 15) is 0 Å². The van der Waals surface area contributed by atoms with E-state index in [2.05, 4.69) is 37.9 Å². The van der Waals surface area contributed by atoms with E-state index in [1.807, 2.05) is 0 Å². The molecule has 2 heteroatoms. The molecule has 2 unspecified atom stereocenters. The second kappa shape index (κ2) is 4.66. The molecule has 2 atom stereocenters. The highest BCUT2D eigenvalue weighted by molar-refractivity contribution is 5.02. The van der Waals surface area contributed by atoms with E-state index < -0.39 is 0 Å². The van der Waals surface area contributed by atoms with Crippen LogP contribution in [0.5, 0.6) is 0 Å². The largest absolute Gasteiger partial charge is 0.311 e. The molecule has 1 N–H and O–H groups in total. The van der Waals surface area contributed by atoms with Gasteiger partial charge in [-0.3, -0.25) is 4.90 Å². The summed E-state index contributed by atoms with van der Waals surface area (Å²) in [5, 5.41) is 3.70. The van der Waals surface area contributed by atoms with Crippen molar-refractivity contribution >= 4 is 0 Å². The molecule has 0 aromatic rings. The van der Waals surface area contributed by atoms with Crippen LogP contribution in [0.2, 0.25) is 0 Å². The van der Waals surface area contributed by atoms with Crippen molar-refractivity contribution in [2.24, 2.45) is 5.92 Å². The Kier molecular flexibility index (Phi) is 3.60. The molecule has 0 radical (unpaired) electrons. The molecule has 16 heavy (non-hydrogen) atoms. The molecule has 2 aliphatic rings. The highest BCUT2D eigenvalue weighted by Gasteiger charge is 2.44. The summed E-state index contributed by atoms with van der Waals surface area (Å²) in [5.41, 5.74) is 0.564. The first-order valence-electron chi connectivity index (χ1n) is 7.09. The monoisotopic (exact) mass is 224 g/mol. The number of rotatable bonds is 3. The lowest BCUT2D eigenvalue weighted by Crippen LogP contribution is -2.66. The molecule has 2 nitrogen and oxygen atoms in total. The summed E-state index contributed by atoms with van der Waals surface area (Å²) in [6.45, 7) is 11.9. The number of hydrogen-bond donors (Lipinski definition) is 1. The summed E-state index contributed by atoms with van der Waals surface area (Å²) >= 11 is 0. The Morgan fingerprint density at radius 1 is 1.38 bits per heavy atom. The van der Waals surface area contributed by atoms with Crippen LogP contribution in [0.25, 0.3) is 0 Å². The van der Waals surface area contributed by atoms with Crippen molar-refractivity contribution in [1.82, 2.24) is 10.2 Å². The summed E-state index contributed by atoms with van der Waals surface area (Å²) in [6.07, 6.45) is 5.64. The molecule has 0 spiro atoms. The van der Waals surface area contributed by atoms with Gasteiger partial charge in [-0.25, -0.2) is 0 Å². The predicted octanol–water partition coefficient (Wildman–Crippen LogP) is 2.64. The van der Waals surface area contributed by atoms with Gasteiger partial charge < -0.3 is 5.32 Å². The van der Waals surface area contributed by atoms with Crippen molar-refractivity contribution in [3.05, 3.63) is 0 Å². The van der Waals surface area contributed by atoms with Crippen molar-refractivity contribution < 1.29 is 0 Å². The van der Waals surface area contributed by atoms with Gasteiger partial charge in [-0.15, -0.1) is 0 Å². The van der Waals surface area contributed by atoms with Crippen molar-refractivity contribution in [3.63, 3.8) is 0 Å². The first kappa shape index (κ1) is 12.4. The smallest absolute Gasteiger partial charge is 0.0218 e. The Balaban J connectivity index is 2.06. The van der Waals surface area contributed by atoms with Crippen LogP contribution >= 0.6 is 0 Å². The molecule has 2 rings (SSSR count). The predicted molar refractivity (Wildman–Crippen MR) is 69.7 cm³/mol. The number of nitrogens with one attached hydrogen (secondary N) is 1. The van der Waals surface area contributed by atoms with Gasteiger partial charge in [-0.05, 0) is 38.5 Å². The lowest BCUT2D eigenvalue weighted by atomic mass is 9.72. The quantitative estimate of drug-likeness (QED) is 0.793. The maximum Gasteiger partial charge on any atom is 0.0218 e. The Hall–Kier alpha value is -0.0800. The van der Waals surface area contributed by atoms with E-state index in [-0.39, 0.29) is 0 Å². The van der Waals surface area contributed by atoms with Gasteiger partial charge in [0.05, 0.1) is 0 Å². The van der Waals surface area contributed by atoms with Crippen LogP contribution in [0.15, 0.2) is 0 Å². The van der Waals surface area contributed by atoms with Gasteiger partial charge in [0.2, 0.25) is 0 Å². The fraction of sp³-hybridized carbons (Fsp3) is 1.00. The number of nitrogens with zero attached hydrogens (tertiary/aromatic N) is 1. The molecule has 1 saturated carbocycles. The molecule has 1 aliphatic heterocycles. The molecule has 2 fully saturated rings. The van der Waals surface area contributed by atoms with Gasteiger partial charge in [0.25, 0.3) is 0 Å². The molecule has 1 saturated heterocycles. The van der Waals surface area contributed by atoms with Crippen molar-refractivity contribution in [2.45, 2.75) is 71.0 Å². The molecular weight excluding hydrogens is 196 g/mol. The Morgan fingerprint density at radius 3 is 2.50 bits per heavy atom. The zero-order chi connectivity index (χ0) is 11.8. The number of piperazine rings is 1. The SMILES string of the molecule is CCC1(N2CC(C(C)C)NCC2C)CCC1. The van der Waals surface area contributed by atoms with Crippen LogP contribution in [0.4, 0.5) is 0 Å². The minimum absolute atomic E-state index is 0.564. The third-order valence-electron chi connectivity index (χ3n) is 4.96. The third kappa shape index (κ3) is 2.02. The van der Waals surface area contributed by atoms with Crippen molar-refractivity contribution in [3.8, 4) is 0 Å². The highest BCUT2D eigenvalue weighted by atomic mass is 15.3. The topological polar surface area (TPSA) is 15.3 Å². The molecular formula is C14H28N2. The van der Waals surface area contributed by atoms with Gasteiger partial charge in [-0.1, -0.05) is 20.8 Å². The van der Waals surface area contributed by atoms with Crippen molar-refractivity contribution in [2.75, 3.05) is 13.1 Å². The summed E-state index contributed by atoms with van der Waals surface area (Å²) in [6, 6.07) is 1.41. The molecule has 0 aromatic carbocycles. The van der Waals surface area contributed by atoms with E-state index in [1.54, 1.807) is 0 Å². The van der Waals surface area contributed by atoms with Gasteiger partial charge in [0.15, 0.2) is 0 Å². The maximum atomic E-state index is 3.70. The third-order valence-corrected chi connectivity index (χ3v) is 4.96. The molecule has 0 amide bonds. The maximum absolute atomic E-state index is 3.70. The Bertz CT molecular complexity index is 227. The van der Waals surface area contributed by atoms with E-state index in [0.717, 1.165) is 12.0 Å². The number of hydrogen-bond acceptors (Lipinski definition) is 2. The van der Waals surface area contributed by atoms with Gasteiger partial charge >= 0.3 is 0 Å². The van der Waals surface area contributed by atoms with E-state index in [0.29, 0.717) is 11.6 Å². The van der Waals surface area contributed by atoms with Crippen LogP contribution in [-0.4, -0.2) is 35.6 Å². The van der Waals surface area contributed by atoms with Gasteiger partial charge in [0, 0.05) is 30.7 Å². The lowest BCUT2D eigenvalue weighted by molar-refractivity contribution is -0.0425. The molecule has 0 bridgehead atoms. The molecule has 94 valence electrons. The minimum atomic E-state index is 0.564. The fourth-order valence-corrected chi connectivity index (χ4v) is 3.42. The summed E-state index contributed by atoms with van der Waals surface area (Å²) in [7, 11) is 0. The molecule has 1 aliphatic carbocycles. The fourth-order valence-electron chi connectivity index (χ4n) is 3.42. The summed E-state index contributed by atoms with van der Waals surface area (Å²) in [5.74, 6) is 0.754. The van der Waals surface area contributed by atoms with Crippen molar-refractivity contribution in [1.29, 1.82) is 0 Å². The normalized spacial score (nSPS) is 35.1. The Labute approximate surface area is 101 Å². The van der Waals surface area contributed by atoms with Crippen LogP contribution in [0.3, 0.4) is 0 Å². The highest BCUT2D eigenvalue weighted by Crippen LogP contribution is 2.42. The first-order valence-corrected chi connectivity index (χ1v) is 7.09.